The molecule has 0 aliphatic heterocycles. The third-order valence-electron chi connectivity index (χ3n) is 3.23. The molecule has 0 atom stereocenters. The fourth-order valence-electron chi connectivity index (χ4n) is 2.14. The van der Waals surface area contributed by atoms with Gasteiger partial charge in [-0.25, -0.2) is 0 Å². The van der Waals surface area contributed by atoms with Gasteiger partial charge in [-0.15, -0.1) is 0 Å². The number of para-hydroxylation sites is 2. The minimum absolute atomic E-state index is 0.353. The average Bonchev–Trinajstić information content (AvgIpc) is 2.41. The normalized spacial score (nSPS) is 10.6. The Hall–Kier alpha value is -1.87. The minimum Gasteiger partial charge on any atom is -0.456 e. The molecule has 104 valence electrons. The van der Waals surface area contributed by atoms with E-state index in [1.165, 1.54) is 5.56 Å². The number of rotatable bonds is 4. The number of thiocarbonyl (C=S) groups is 1. The van der Waals surface area contributed by atoms with E-state index in [0.29, 0.717) is 10.9 Å². The summed E-state index contributed by atoms with van der Waals surface area (Å²) < 4.78 is 6.13. The van der Waals surface area contributed by atoms with Gasteiger partial charge in [-0.1, -0.05) is 56.4 Å². The zero-order valence-corrected chi connectivity index (χ0v) is 12.8. The molecule has 0 saturated heterocycles. The number of ether oxygens (including phenoxy) is 1. The largest absolute Gasteiger partial charge is 0.456 e. The Kier molecular flexibility index (Phi) is 4.40. The van der Waals surface area contributed by atoms with Crippen molar-refractivity contribution in [2.24, 2.45) is 5.73 Å². The molecule has 0 spiro atoms. The molecule has 0 amide bonds. The molecule has 0 aliphatic carbocycles. The van der Waals surface area contributed by atoms with Crippen molar-refractivity contribution in [1.29, 1.82) is 0 Å². The average molecular weight is 285 g/mol. The molecule has 2 N–H and O–H groups in total. The van der Waals surface area contributed by atoms with Gasteiger partial charge in [-0.3, -0.25) is 0 Å². The number of hydrogen-bond donors (Lipinski definition) is 1. The smallest absolute Gasteiger partial charge is 0.140 e. The number of hydrogen-bond acceptors (Lipinski definition) is 2. The van der Waals surface area contributed by atoms with Crippen LogP contribution in [-0.4, -0.2) is 4.99 Å². The van der Waals surface area contributed by atoms with Crippen LogP contribution in [0.15, 0.2) is 42.5 Å². The number of nitrogens with two attached hydrogens (primary N) is 1. The fraction of sp³-hybridized carbons (Fsp3) is 0.235. The summed E-state index contributed by atoms with van der Waals surface area (Å²) in [6.45, 7) is 6.29. The Morgan fingerprint density at radius 3 is 2.45 bits per heavy atom. The van der Waals surface area contributed by atoms with E-state index in [-0.39, 0.29) is 0 Å². The van der Waals surface area contributed by atoms with E-state index in [1.807, 2.05) is 43.3 Å². The molecule has 2 aromatic rings. The first-order chi connectivity index (χ1) is 9.50. The molecule has 0 heterocycles. The molecule has 0 aromatic heterocycles. The van der Waals surface area contributed by atoms with E-state index in [2.05, 4.69) is 19.9 Å². The highest BCUT2D eigenvalue weighted by atomic mass is 32.1. The van der Waals surface area contributed by atoms with Gasteiger partial charge in [0.2, 0.25) is 0 Å². The molecule has 0 unspecified atom stereocenters. The van der Waals surface area contributed by atoms with Crippen LogP contribution in [0, 0.1) is 6.92 Å². The van der Waals surface area contributed by atoms with Crippen molar-refractivity contribution in [3.8, 4) is 11.5 Å². The topological polar surface area (TPSA) is 35.2 Å². The number of benzene rings is 2. The van der Waals surface area contributed by atoms with Crippen molar-refractivity contribution in [3.63, 3.8) is 0 Å². The predicted octanol–water partition coefficient (Wildman–Crippen LogP) is 4.54. The molecule has 0 fully saturated rings. The van der Waals surface area contributed by atoms with Crippen LogP contribution in [0.25, 0.3) is 0 Å². The van der Waals surface area contributed by atoms with Crippen LogP contribution >= 0.6 is 12.2 Å². The van der Waals surface area contributed by atoms with Crippen LogP contribution in [0.4, 0.5) is 0 Å². The van der Waals surface area contributed by atoms with Gasteiger partial charge in [0.15, 0.2) is 0 Å². The van der Waals surface area contributed by atoms with Crippen LogP contribution < -0.4 is 10.5 Å². The third kappa shape index (κ3) is 2.99. The molecule has 2 aromatic carbocycles. The van der Waals surface area contributed by atoms with Crippen molar-refractivity contribution in [2.45, 2.75) is 26.7 Å². The Balaban J connectivity index is 2.48. The van der Waals surface area contributed by atoms with Gasteiger partial charge in [-0.2, -0.15) is 0 Å². The first kappa shape index (κ1) is 14.5. The second-order valence-corrected chi connectivity index (χ2v) is 5.55. The highest BCUT2D eigenvalue weighted by Gasteiger charge is 2.13. The standard InChI is InChI=1S/C17H19NOS/c1-11(2)13-8-4-5-10-15(13)19-16-12(3)7-6-9-14(16)17(18)20/h4-11H,1-3H3,(H2,18,20). The fourth-order valence-corrected chi connectivity index (χ4v) is 2.30. The maximum Gasteiger partial charge on any atom is 0.140 e. The van der Waals surface area contributed by atoms with Gasteiger partial charge in [0.05, 0.1) is 5.56 Å². The van der Waals surface area contributed by atoms with Crippen LogP contribution in [0.2, 0.25) is 0 Å². The summed E-state index contributed by atoms with van der Waals surface area (Å²) in [7, 11) is 0. The number of aryl methyl sites for hydroxylation is 1. The van der Waals surface area contributed by atoms with E-state index < -0.39 is 0 Å². The van der Waals surface area contributed by atoms with Gasteiger partial charge in [0, 0.05) is 0 Å². The third-order valence-corrected chi connectivity index (χ3v) is 3.45. The lowest BCUT2D eigenvalue weighted by atomic mass is 10.0. The SMILES string of the molecule is Cc1cccc(C(N)=S)c1Oc1ccccc1C(C)C. The second-order valence-electron chi connectivity index (χ2n) is 5.11. The summed E-state index contributed by atoms with van der Waals surface area (Å²) in [6, 6.07) is 13.9. The van der Waals surface area contributed by atoms with E-state index in [4.69, 9.17) is 22.7 Å². The van der Waals surface area contributed by atoms with Crippen molar-refractivity contribution < 1.29 is 4.74 Å². The second kappa shape index (κ2) is 6.06. The maximum atomic E-state index is 6.13. The Bertz CT molecular complexity index is 635. The van der Waals surface area contributed by atoms with Crippen LogP contribution in [0.3, 0.4) is 0 Å². The highest BCUT2D eigenvalue weighted by Crippen LogP contribution is 2.33. The molecule has 20 heavy (non-hydrogen) atoms. The van der Waals surface area contributed by atoms with Crippen LogP contribution in [-0.2, 0) is 0 Å². The summed E-state index contributed by atoms with van der Waals surface area (Å²) in [5.74, 6) is 1.99. The van der Waals surface area contributed by atoms with Gasteiger partial charge in [0.1, 0.15) is 16.5 Å². The maximum absolute atomic E-state index is 6.13. The molecular formula is C17H19NOS. The minimum atomic E-state index is 0.353. The highest BCUT2D eigenvalue weighted by molar-refractivity contribution is 7.80. The van der Waals surface area contributed by atoms with E-state index in [9.17, 15) is 0 Å². The van der Waals surface area contributed by atoms with Crippen molar-refractivity contribution in [2.75, 3.05) is 0 Å². The lowest BCUT2D eigenvalue weighted by molar-refractivity contribution is 0.468. The van der Waals surface area contributed by atoms with Crippen molar-refractivity contribution in [1.82, 2.24) is 0 Å². The Morgan fingerprint density at radius 1 is 1.10 bits per heavy atom. The van der Waals surface area contributed by atoms with E-state index in [1.54, 1.807) is 0 Å². The lowest BCUT2D eigenvalue weighted by Crippen LogP contribution is -2.11. The first-order valence-electron chi connectivity index (χ1n) is 6.67. The summed E-state index contributed by atoms with van der Waals surface area (Å²) in [5, 5.41) is 0. The predicted molar refractivity (Wildman–Crippen MR) is 87.7 cm³/mol. The molecule has 0 saturated carbocycles. The molecule has 2 nitrogen and oxygen atoms in total. The van der Waals surface area contributed by atoms with Gasteiger partial charge >= 0.3 is 0 Å². The monoisotopic (exact) mass is 285 g/mol. The zero-order valence-electron chi connectivity index (χ0n) is 12.0. The van der Waals surface area contributed by atoms with Crippen LogP contribution in [0.5, 0.6) is 11.5 Å². The van der Waals surface area contributed by atoms with E-state index >= 15 is 0 Å². The Morgan fingerprint density at radius 2 is 1.80 bits per heavy atom. The van der Waals surface area contributed by atoms with Crippen LogP contribution in [0.1, 0.15) is 36.5 Å². The summed E-state index contributed by atoms with van der Waals surface area (Å²) in [4.78, 5) is 0.353. The van der Waals surface area contributed by atoms with E-state index in [0.717, 1.165) is 22.6 Å². The van der Waals surface area contributed by atoms with Gasteiger partial charge in [-0.05, 0) is 36.1 Å². The molecule has 2 rings (SSSR count). The molecule has 3 heteroatoms. The summed E-state index contributed by atoms with van der Waals surface area (Å²) in [6.07, 6.45) is 0. The quantitative estimate of drug-likeness (QED) is 0.837. The molecule has 0 aliphatic rings. The summed E-state index contributed by atoms with van der Waals surface area (Å²) in [5.41, 5.74) is 8.76. The Labute approximate surface area is 125 Å². The molecule has 0 bridgehead atoms. The van der Waals surface area contributed by atoms with Crippen molar-refractivity contribution >= 4 is 17.2 Å². The zero-order chi connectivity index (χ0) is 14.7. The van der Waals surface area contributed by atoms with Gasteiger partial charge in [0.25, 0.3) is 0 Å². The van der Waals surface area contributed by atoms with Crippen molar-refractivity contribution in [3.05, 3.63) is 59.2 Å². The first-order valence-corrected chi connectivity index (χ1v) is 7.07. The summed E-state index contributed by atoms with van der Waals surface area (Å²) >= 11 is 5.11. The van der Waals surface area contributed by atoms with Gasteiger partial charge < -0.3 is 10.5 Å². The lowest BCUT2D eigenvalue weighted by Gasteiger charge is -2.17. The molecule has 0 radical (unpaired) electrons. The molecular weight excluding hydrogens is 266 g/mol.